The van der Waals surface area contributed by atoms with Crippen molar-refractivity contribution in [3.63, 3.8) is 0 Å². The summed E-state index contributed by atoms with van der Waals surface area (Å²) in [6, 6.07) is 2.21. The lowest BCUT2D eigenvalue weighted by Gasteiger charge is -2.39. The Balaban J connectivity index is 1.62. The van der Waals surface area contributed by atoms with Gasteiger partial charge in [0.1, 0.15) is 22.7 Å². The quantitative estimate of drug-likeness (QED) is 0.845. The topological polar surface area (TPSA) is 67.0 Å². The van der Waals surface area contributed by atoms with E-state index in [0.717, 1.165) is 29.5 Å². The zero-order chi connectivity index (χ0) is 13.4. The molecule has 0 bridgehead atoms. The molecule has 0 aromatic carbocycles. The highest BCUT2D eigenvalue weighted by Gasteiger charge is 2.32. The van der Waals surface area contributed by atoms with Gasteiger partial charge in [0.25, 0.3) is 0 Å². The zero-order valence-corrected chi connectivity index (χ0v) is 11.5. The first-order valence-corrected chi connectivity index (χ1v) is 6.71. The molecule has 0 radical (unpaired) electrons. The van der Waals surface area contributed by atoms with Crippen molar-refractivity contribution in [2.75, 3.05) is 18.0 Å². The van der Waals surface area contributed by atoms with Crippen LogP contribution in [0.15, 0.2) is 12.4 Å². The number of aryl methyl sites for hydroxylation is 2. The standard InChI is InChI=1S/C12H13N5OS/c1-8-11(3-13)12(19-15-8)17-6-10(7-17)18-9-4-14-16(2)5-9/h4-5,10H,6-7H2,1-2H3. The normalized spacial score (nSPS) is 15.1. The maximum atomic E-state index is 9.11. The molecule has 0 atom stereocenters. The van der Waals surface area contributed by atoms with Gasteiger partial charge < -0.3 is 9.64 Å². The predicted molar refractivity (Wildman–Crippen MR) is 71.4 cm³/mol. The number of anilines is 1. The minimum Gasteiger partial charge on any atom is -0.483 e. The first-order chi connectivity index (χ1) is 9.17. The number of nitriles is 1. The SMILES string of the molecule is Cc1nsc(N2CC(Oc3cnn(C)c3)C2)c1C#N. The molecular weight excluding hydrogens is 262 g/mol. The van der Waals surface area contributed by atoms with Gasteiger partial charge in [-0.05, 0) is 18.5 Å². The number of aromatic nitrogens is 3. The number of hydrogen-bond acceptors (Lipinski definition) is 6. The van der Waals surface area contributed by atoms with Gasteiger partial charge in [-0.3, -0.25) is 4.68 Å². The second kappa shape index (κ2) is 4.55. The Bertz CT molecular complexity index is 635. The molecule has 3 heterocycles. The van der Waals surface area contributed by atoms with Crippen LogP contribution in [-0.2, 0) is 7.05 Å². The summed E-state index contributed by atoms with van der Waals surface area (Å²) in [5, 5.41) is 14.1. The van der Waals surface area contributed by atoms with Gasteiger partial charge in [0.15, 0.2) is 5.75 Å². The van der Waals surface area contributed by atoms with E-state index in [4.69, 9.17) is 10.00 Å². The van der Waals surface area contributed by atoms with Crippen LogP contribution in [0.4, 0.5) is 5.00 Å². The molecule has 0 N–H and O–H groups in total. The average Bonchev–Trinajstić information content (AvgIpc) is 2.89. The van der Waals surface area contributed by atoms with Crippen LogP contribution in [0, 0.1) is 18.3 Å². The Labute approximate surface area is 115 Å². The molecule has 2 aromatic heterocycles. The van der Waals surface area contributed by atoms with Gasteiger partial charge in [-0.2, -0.15) is 14.7 Å². The molecule has 3 rings (SSSR count). The Morgan fingerprint density at radius 3 is 2.95 bits per heavy atom. The second-order valence-corrected chi connectivity index (χ2v) is 5.31. The summed E-state index contributed by atoms with van der Waals surface area (Å²) in [6.45, 7) is 3.43. The maximum Gasteiger partial charge on any atom is 0.157 e. The fraction of sp³-hybridized carbons (Fsp3) is 0.417. The molecule has 2 aromatic rings. The molecule has 1 aliphatic heterocycles. The van der Waals surface area contributed by atoms with Gasteiger partial charge in [0, 0.05) is 7.05 Å². The van der Waals surface area contributed by atoms with Crippen LogP contribution in [0.25, 0.3) is 0 Å². The highest BCUT2D eigenvalue weighted by Crippen LogP contribution is 2.32. The molecule has 0 aliphatic carbocycles. The van der Waals surface area contributed by atoms with Crippen molar-refractivity contribution in [3.8, 4) is 11.8 Å². The highest BCUT2D eigenvalue weighted by molar-refractivity contribution is 7.10. The molecule has 0 spiro atoms. The van der Waals surface area contributed by atoms with Crippen LogP contribution in [0.3, 0.4) is 0 Å². The summed E-state index contributed by atoms with van der Waals surface area (Å²) >= 11 is 1.38. The van der Waals surface area contributed by atoms with E-state index in [2.05, 4.69) is 20.4 Å². The Morgan fingerprint density at radius 2 is 2.32 bits per heavy atom. The Morgan fingerprint density at radius 1 is 1.53 bits per heavy atom. The molecule has 0 unspecified atom stereocenters. The first-order valence-electron chi connectivity index (χ1n) is 5.94. The van der Waals surface area contributed by atoms with Crippen LogP contribution < -0.4 is 9.64 Å². The predicted octanol–water partition coefficient (Wildman–Crippen LogP) is 1.32. The van der Waals surface area contributed by atoms with Crippen LogP contribution in [0.2, 0.25) is 0 Å². The minimum absolute atomic E-state index is 0.151. The van der Waals surface area contributed by atoms with E-state index >= 15 is 0 Å². The van der Waals surface area contributed by atoms with E-state index < -0.39 is 0 Å². The van der Waals surface area contributed by atoms with Crippen molar-refractivity contribution in [2.45, 2.75) is 13.0 Å². The van der Waals surface area contributed by atoms with Gasteiger partial charge in [-0.15, -0.1) is 0 Å². The molecule has 98 valence electrons. The van der Waals surface area contributed by atoms with Gasteiger partial charge in [0.2, 0.25) is 0 Å². The summed E-state index contributed by atoms with van der Waals surface area (Å²) in [6.07, 6.45) is 3.71. The van der Waals surface area contributed by atoms with Crippen molar-refractivity contribution in [1.29, 1.82) is 5.26 Å². The third-order valence-corrected chi connectivity index (χ3v) is 4.08. The molecule has 6 nitrogen and oxygen atoms in total. The van der Waals surface area contributed by atoms with Crippen LogP contribution in [-0.4, -0.2) is 33.3 Å². The Hall–Kier alpha value is -2.07. The third kappa shape index (κ3) is 2.15. The lowest BCUT2D eigenvalue weighted by molar-refractivity contribution is 0.168. The molecule has 1 aliphatic rings. The summed E-state index contributed by atoms with van der Waals surface area (Å²) in [4.78, 5) is 2.13. The van der Waals surface area contributed by atoms with E-state index in [1.165, 1.54) is 11.5 Å². The smallest absolute Gasteiger partial charge is 0.157 e. The fourth-order valence-electron chi connectivity index (χ4n) is 2.03. The van der Waals surface area contributed by atoms with E-state index in [-0.39, 0.29) is 6.10 Å². The third-order valence-electron chi connectivity index (χ3n) is 3.08. The zero-order valence-electron chi connectivity index (χ0n) is 10.7. The largest absolute Gasteiger partial charge is 0.483 e. The van der Waals surface area contributed by atoms with Gasteiger partial charge in [-0.1, -0.05) is 0 Å². The van der Waals surface area contributed by atoms with Gasteiger partial charge >= 0.3 is 0 Å². The van der Waals surface area contributed by atoms with Gasteiger partial charge in [-0.25, -0.2) is 0 Å². The summed E-state index contributed by atoms with van der Waals surface area (Å²) in [7, 11) is 1.86. The van der Waals surface area contributed by atoms with Crippen molar-refractivity contribution in [2.24, 2.45) is 7.05 Å². The molecular formula is C12H13N5OS. The molecule has 1 fully saturated rings. The number of ether oxygens (including phenoxy) is 1. The van der Waals surface area contributed by atoms with E-state index in [9.17, 15) is 0 Å². The average molecular weight is 275 g/mol. The van der Waals surface area contributed by atoms with Crippen LogP contribution in [0.5, 0.6) is 5.75 Å². The highest BCUT2D eigenvalue weighted by atomic mass is 32.1. The van der Waals surface area contributed by atoms with Crippen LogP contribution in [0.1, 0.15) is 11.3 Å². The number of rotatable bonds is 3. The van der Waals surface area contributed by atoms with E-state index in [1.54, 1.807) is 10.9 Å². The van der Waals surface area contributed by atoms with Crippen molar-refractivity contribution < 1.29 is 4.74 Å². The Kier molecular flexibility index (Phi) is 2.87. The lowest BCUT2D eigenvalue weighted by Crippen LogP contribution is -2.53. The number of nitrogens with zero attached hydrogens (tertiary/aromatic N) is 5. The molecule has 0 saturated carbocycles. The summed E-state index contributed by atoms with van der Waals surface area (Å²) in [5.41, 5.74) is 1.49. The monoisotopic (exact) mass is 275 g/mol. The second-order valence-electron chi connectivity index (χ2n) is 4.55. The van der Waals surface area contributed by atoms with Crippen molar-refractivity contribution in [1.82, 2.24) is 14.2 Å². The molecule has 1 saturated heterocycles. The summed E-state index contributed by atoms with van der Waals surface area (Å²) < 4.78 is 11.7. The molecule has 19 heavy (non-hydrogen) atoms. The van der Waals surface area contributed by atoms with Crippen LogP contribution >= 0.6 is 11.5 Å². The number of hydrogen-bond donors (Lipinski definition) is 0. The molecule has 7 heteroatoms. The van der Waals surface area contributed by atoms with Crippen molar-refractivity contribution in [3.05, 3.63) is 23.7 Å². The first kappa shape index (κ1) is 12.0. The van der Waals surface area contributed by atoms with E-state index in [1.807, 2.05) is 20.2 Å². The minimum atomic E-state index is 0.151. The fourth-order valence-corrected chi connectivity index (χ4v) is 2.90. The van der Waals surface area contributed by atoms with E-state index in [0.29, 0.717) is 5.56 Å². The molecule has 0 amide bonds. The maximum absolute atomic E-state index is 9.11. The lowest BCUT2D eigenvalue weighted by atomic mass is 10.1. The summed E-state index contributed by atoms with van der Waals surface area (Å²) in [5.74, 6) is 0.785. The van der Waals surface area contributed by atoms with Gasteiger partial charge in [0.05, 0.1) is 31.2 Å². The van der Waals surface area contributed by atoms with Crippen molar-refractivity contribution >= 4 is 16.5 Å².